The Morgan fingerprint density at radius 1 is 0.351 bits per heavy atom. The molecule has 1 heterocycles. The second-order valence-corrected chi connectivity index (χ2v) is 16.9. The van der Waals surface area contributed by atoms with Gasteiger partial charge in [0.2, 0.25) is 0 Å². The molecular formula is C55H39NS. The van der Waals surface area contributed by atoms with Crippen molar-refractivity contribution < 1.29 is 0 Å². The Morgan fingerprint density at radius 3 is 1.74 bits per heavy atom. The number of hydrogen-bond donors (Lipinski definition) is 0. The highest BCUT2D eigenvalue weighted by Gasteiger charge is 2.35. The summed E-state index contributed by atoms with van der Waals surface area (Å²) in [5.41, 5.74) is 16.1. The highest BCUT2D eigenvalue weighted by molar-refractivity contribution is 7.25. The van der Waals surface area contributed by atoms with Gasteiger partial charge in [0, 0.05) is 42.6 Å². The lowest BCUT2D eigenvalue weighted by atomic mass is 9.81. The Kier molecular flexibility index (Phi) is 7.77. The maximum atomic E-state index is 2.41. The second kappa shape index (κ2) is 13.2. The lowest BCUT2D eigenvalue weighted by molar-refractivity contribution is 0.660. The SMILES string of the molecule is CC1(C)c2ccccc2-c2ccc(-c3ccc(N(c4ccc(-c5ccc6c(c5)sc5ccccc56)cc4)c4cccc(-c5ccc6ccccc6c5)c4)cc3)cc21. The molecule has 11 rings (SSSR count). The summed E-state index contributed by atoms with van der Waals surface area (Å²) >= 11 is 1.87. The van der Waals surface area contributed by atoms with Crippen LogP contribution in [0.1, 0.15) is 25.0 Å². The Hall–Kier alpha value is -6.74. The van der Waals surface area contributed by atoms with Gasteiger partial charge in [-0.25, -0.2) is 0 Å². The van der Waals surface area contributed by atoms with Crippen molar-refractivity contribution in [1.82, 2.24) is 0 Å². The fraction of sp³-hybridized carbons (Fsp3) is 0.0545. The number of thiophene rings is 1. The van der Waals surface area contributed by atoms with Crippen molar-refractivity contribution in [3.8, 4) is 44.5 Å². The molecule has 1 nitrogen and oxygen atoms in total. The van der Waals surface area contributed by atoms with Gasteiger partial charge in [-0.05, 0) is 127 Å². The third kappa shape index (κ3) is 5.67. The number of benzene rings is 9. The highest BCUT2D eigenvalue weighted by Crippen LogP contribution is 2.50. The number of anilines is 3. The van der Waals surface area contributed by atoms with Crippen LogP contribution in [0, 0.1) is 0 Å². The summed E-state index contributed by atoms with van der Waals surface area (Å²) in [5, 5.41) is 5.15. The molecule has 0 saturated heterocycles. The van der Waals surface area contributed by atoms with Crippen molar-refractivity contribution in [2.24, 2.45) is 0 Å². The van der Waals surface area contributed by atoms with Crippen LogP contribution in [0.25, 0.3) is 75.5 Å². The van der Waals surface area contributed by atoms with Gasteiger partial charge in [0.15, 0.2) is 0 Å². The smallest absolute Gasteiger partial charge is 0.0467 e. The summed E-state index contributed by atoms with van der Waals surface area (Å²) < 4.78 is 2.65. The van der Waals surface area contributed by atoms with Gasteiger partial charge < -0.3 is 4.90 Å². The van der Waals surface area contributed by atoms with E-state index in [2.05, 4.69) is 219 Å². The molecule has 57 heavy (non-hydrogen) atoms. The summed E-state index contributed by atoms with van der Waals surface area (Å²) in [6.07, 6.45) is 0. The number of hydrogen-bond acceptors (Lipinski definition) is 2. The average Bonchev–Trinajstić information content (AvgIpc) is 3.75. The number of rotatable bonds is 6. The van der Waals surface area contributed by atoms with Gasteiger partial charge in [-0.2, -0.15) is 0 Å². The first-order valence-corrected chi connectivity index (χ1v) is 20.6. The lowest BCUT2D eigenvalue weighted by Crippen LogP contribution is -2.14. The third-order valence-electron chi connectivity index (χ3n) is 12.1. The van der Waals surface area contributed by atoms with E-state index in [1.54, 1.807) is 0 Å². The van der Waals surface area contributed by atoms with E-state index in [9.17, 15) is 0 Å². The minimum Gasteiger partial charge on any atom is -0.310 e. The third-order valence-corrected chi connectivity index (χ3v) is 13.2. The topological polar surface area (TPSA) is 3.24 Å². The zero-order valence-electron chi connectivity index (χ0n) is 31.9. The molecule has 0 aliphatic heterocycles. The Morgan fingerprint density at radius 2 is 0.930 bits per heavy atom. The van der Waals surface area contributed by atoms with E-state index in [0.717, 1.165) is 17.1 Å². The Bertz CT molecular complexity index is 3150. The quantitative estimate of drug-likeness (QED) is 0.164. The van der Waals surface area contributed by atoms with Gasteiger partial charge in [-0.1, -0.05) is 153 Å². The molecule has 0 spiro atoms. The standard InChI is InChI=1S/C55H39NS/c1-55(2)51-16-7-5-14-47(51)48-30-24-42(34-52(48)55)37-20-26-44(27-21-37)56(46-13-9-12-40(33-46)41-19-18-36-10-3-4-11-39(36)32-41)45-28-22-38(23-29-45)43-25-31-50-49-15-6-8-17-53(49)57-54(50)35-43/h3-35H,1-2H3. The summed E-state index contributed by atoms with van der Waals surface area (Å²) in [7, 11) is 0. The van der Waals surface area contributed by atoms with E-state index in [4.69, 9.17) is 0 Å². The zero-order chi connectivity index (χ0) is 38.1. The van der Waals surface area contributed by atoms with E-state index >= 15 is 0 Å². The first kappa shape index (κ1) is 33.6. The van der Waals surface area contributed by atoms with Crippen molar-refractivity contribution in [2.75, 3.05) is 4.90 Å². The van der Waals surface area contributed by atoms with Gasteiger partial charge in [0.25, 0.3) is 0 Å². The van der Waals surface area contributed by atoms with Gasteiger partial charge in [-0.15, -0.1) is 11.3 Å². The average molecular weight is 746 g/mol. The molecule has 0 bridgehead atoms. The van der Waals surface area contributed by atoms with Crippen molar-refractivity contribution in [2.45, 2.75) is 19.3 Å². The summed E-state index contributed by atoms with van der Waals surface area (Å²) in [5.74, 6) is 0. The van der Waals surface area contributed by atoms with Crippen LogP contribution in [0.15, 0.2) is 200 Å². The van der Waals surface area contributed by atoms with Crippen molar-refractivity contribution in [1.29, 1.82) is 0 Å². The molecule has 10 aromatic rings. The zero-order valence-corrected chi connectivity index (χ0v) is 32.7. The Labute approximate surface area is 337 Å². The number of nitrogens with zero attached hydrogens (tertiary/aromatic N) is 1. The maximum Gasteiger partial charge on any atom is 0.0467 e. The molecular weight excluding hydrogens is 707 g/mol. The lowest BCUT2D eigenvalue weighted by Gasteiger charge is -2.26. The van der Waals surface area contributed by atoms with Crippen LogP contribution in [0.3, 0.4) is 0 Å². The molecule has 0 N–H and O–H groups in total. The molecule has 0 fully saturated rings. The molecule has 9 aromatic carbocycles. The van der Waals surface area contributed by atoms with Crippen LogP contribution in [0.2, 0.25) is 0 Å². The first-order valence-electron chi connectivity index (χ1n) is 19.7. The molecule has 0 unspecified atom stereocenters. The van der Waals surface area contributed by atoms with E-state index in [-0.39, 0.29) is 5.41 Å². The van der Waals surface area contributed by atoms with E-state index < -0.39 is 0 Å². The predicted molar refractivity (Wildman–Crippen MR) is 245 cm³/mol. The molecule has 0 amide bonds. The molecule has 1 aliphatic carbocycles. The van der Waals surface area contributed by atoms with E-state index in [0.29, 0.717) is 0 Å². The summed E-state index contributed by atoms with van der Waals surface area (Å²) in [4.78, 5) is 2.38. The largest absolute Gasteiger partial charge is 0.310 e. The van der Waals surface area contributed by atoms with Crippen LogP contribution in [0.4, 0.5) is 17.1 Å². The minimum atomic E-state index is -0.0372. The monoisotopic (exact) mass is 745 g/mol. The van der Waals surface area contributed by atoms with Crippen LogP contribution in [-0.2, 0) is 5.41 Å². The second-order valence-electron chi connectivity index (χ2n) is 15.8. The van der Waals surface area contributed by atoms with E-state index in [1.165, 1.54) is 86.6 Å². The fourth-order valence-corrected chi connectivity index (χ4v) is 10.2. The van der Waals surface area contributed by atoms with Gasteiger partial charge >= 0.3 is 0 Å². The minimum absolute atomic E-state index is 0.0372. The molecule has 0 saturated carbocycles. The fourth-order valence-electron chi connectivity index (χ4n) is 9.04. The molecule has 0 radical (unpaired) electrons. The van der Waals surface area contributed by atoms with Gasteiger partial charge in [0.05, 0.1) is 0 Å². The van der Waals surface area contributed by atoms with Gasteiger partial charge in [-0.3, -0.25) is 0 Å². The molecule has 1 aromatic heterocycles. The summed E-state index contributed by atoms with van der Waals surface area (Å²) in [6.45, 7) is 4.70. The van der Waals surface area contributed by atoms with Crippen LogP contribution >= 0.6 is 11.3 Å². The van der Waals surface area contributed by atoms with Crippen molar-refractivity contribution in [3.05, 3.63) is 211 Å². The summed E-state index contributed by atoms with van der Waals surface area (Å²) in [6, 6.07) is 73.9. The molecule has 2 heteroatoms. The van der Waals surface area contributed by atoms with Crippen molar-refractivity contribution in [3.63, 3.8) is 0 Å². The van der Waals surface area contributed by atoms with Crippen LogP contribution < -0.4 is 4.90 Å². The van der Waals surface area contributed by atoms with Crippen molar-refractivity contribution >= 4 is 59.3 Å². The predicted octanol–water partition coefficient (Wildman–Crippen LogP) is 16.0. The number of fused-ring (bicyclic) bond motifs is 7. The molecule has 270 valence electrons. The van der Waals surface area contributed by atoms with Crippen LogP contribution in [-0.4, -0.2) is 0 Å². The normalized spacial score (nSPS) is 12.9. The molecule has 1 aliphatic rings. The maximum absolute atomic E-state index is 2.41. The Balaban J connectivity index is 0.978. The molecule has 0 atom stereocenters. The van der Waals surface area contributed by atoms with Crippen LogP contribution in [0.5, 0.6) is 0 Å². The first-order chi connectivity index (χ1) is 28.0. The highest BCUT2D eigenvalue weighted by atomic mass is 32.1. The van der Waals surface area contributed by atoms with E-state index in [1.807, 2.05) is 11.3 Å². The van der Waals surface area contributed by atoms with Gasteiger partial charge in [0.1, 0.15) is 0 Å².